The van der Waals surface area contributed by atoms with Crippen molar-refractivity contribution in [2.24, 2.45) is 0 Å². The van der Waals surface area contributed by atoms with Gasteiger partial charge in [-0.2, -0.15) is 5.10 Å². The molecule has 1 aliphatic rings. The molecule has 0 amide bonds. The highest BCUT2D eigenvalue weighted by Gasteiger charge is 2.36. The molecule has 1 aromatic heterocycles. The van der Waals surface area contributed by atoms with E-state index in [4.69, 9.17) is 21.1 Å². The number of rotatable bonds is 6. The number of aryl methyl sites for hydroxylation is 1. The molecule has 6 heteroatoms. The summed E-state index contributed by atoms with van der Waals surface area (Å²) < 4.78 is 11.2. The van der Waals surface area contributed by atoms with Crippen molar-refractivity contribution in [3.05, 3.63) is 46.2 Å². The van der Waals surface area contributed by atoms with Gasteiger partial charge < -0.3 is 14.8 Å². The highest BCUT2D eigenvalue weighted by Crippen LogP contribution is 2.40. The van der Waals surface area contributed by atoms with E-state index >= 15 is 0 Å². The molecule has 5 nitrogen and oxygen atoms in total. The van der Waals surface area contributed by atoms with E-state index in [1.807, 2.05) is 31.3 Å². The highest BCUT2D eigenvalue weighted by atomic mass is 35.5. The minimum atomic E-state index is -0.0356. The number of aromatic amines is 1. The molecule has 0 radical (unpaired) electrons. The quantitative estimate of drug-likeness (QED) is 0.840. The van der Waals surface area contributed by atoms with E-state index in [9.17, 15) is 0 Å². The summed E-state index contributed by atoms with van der Waals surface area (Å²) in [6.45, 7) is 5.17. The number of nitrogens with zero attached hydrogens (tertiary/aromatic N) is 1. The smallest absolute Gasteiger partial charge is 0.122 e. The minimum Gasteiger partial charge on any atom is -0.496 e. The lowest BCUT2D eigenvalue weighted by Gasteiger charge is -2.39. The third-order valence-corrected chi connectivity index (χ3v) is 5.13. The summed E-state index contributed by atoms with van der Waals surface area (Å²) >= 11 is 6.27. The molecule has 0 spiro atoms. The van der Waals surface area contributed by atoms with E-state index < -0.39 is 0 Å². The van der Waals surface area contributed by atoms with Gasteiger partial charge in [0.05, 0.1) is 13.3 Å². The topological polar surface area (TPSA) is 59.2 Å². The molecule has 1 fully saturated rings. The Labute approximate surface area is 147 Å². The van der Waals surface area contributed by atoms with E-state index in [0.29, 0.717) is 0 Å². The second-order valence-electron chi connectivity index (χ2n) is 6.36. The number of hydrogen-bond acceptors (Lipinski definition) is 4. The van der Waals surface area contributed by atoms with Crippen molar-refractivity contribution in [1.82, 2.24) is 15.5 Å². The van der Waals surface area contributed by atoms with E-state index in [2.05, 4.69) is 15.5 Å². The molecule has 24 heavy (non-hydrogen) atoms. The lowest BCUT2D eigenvalue weighted by atomic mass is 9.73. The highest BCUT2D eigenvalue weighted by molar-refractivity contribution is 6.30. The van der Waals surface area contributed by atoms with Crippen LogP contribution in [0.15, 0.2) is 24.4 Å². The van der Waals surface area contributed by atoms with Crippen molar-refractivity contribution in [1.29, 1.82) is 0 Å². The fraction of sp³-hybridized carbons (Fsp3) is 0.500. The van der Waals surface area contributed by atoms with Crippen LogP contribution in [0.2, 0.25) is 5.02 Å². The van der Waals surface area contributed by atoms with E-state index in [1.54, 1.807) is 7.11 Å². The van der Waals surface area contributed by atoms with Crippen molar-refractivity contribution < 1.29 is 9.47 Å². The van der Waals surface area contributed by atoms with Crippen LogP contribution in [0.4, 0.5) is 0 Å². The SMILES string of the molecule is COc1ccc(Cl)cc1C1(CNCc2cn[nH]c2C)CCOCC1. The van der Waals surface area contributed by atoms with Crippen LogP contribution in [0, 0.1) is 6.92 Å². The van der Waals surface area contributed by atoms with Gasteiger partial charge in [0.15, 0.2) is 0 Å². The molecule has 0 bridgehead atoms. The van der Waals surface area contributed by atoms with Crippen LogP contribution in [-0.4, -0.2) is 37.1 Å². The first kappa shape index (κ1) is 17.3. The normalized spacial score (nSPS) is 17.0. The zero-order valence-corrected chi connectivity index (χ0v) is 14.9. The molecule has 0 saturated carbocycles. The number of H-pyrrole nitrogens is 1. The summed E-state index contributed by atoms with van der Waals surface area (Å²) in [7, 11) is 1.71. The Bertz CT molecular complexity index is 681. The van der Waals surface area contributed by atoms with Crippen molar-refractivity contribution in [2.75, 3.05) is 26.9 Å². The van der Waals surface area contributed by atoms with Crippen LogP contribution in [0.25, 0.3) is 0 Å². The van der Waals surface area contributed by atoms with Crippen LogP contribution in [-0.2, 0) is 16.7 Å². The molecular weight excluding hydrogens is 326 g/mol. The first-order valence-electron chi connectivity index (χ1n) is 8.26. The van der Waals surface area contributed by atoms with Crippen LogP contribution in [0.5, 0.6) is 5.75 Å². The summed E-state index contributed by atoms with van der Waals surface area (Å²) in [6, 6.07) is 5.87. The standard InChI is InChI=1S/C18H24ClN3O2/c1-13-14(11-21-22-13)10-20-12-18(5-7-24-8-6-18)16-9-15(19)3-4-17(16)23-2/h3-4,9,11,20H,5-8,10,12H2,1-2H3,(H,21,22). The Morgan fingerprint density at radius 3 is 2.83 bits per heavy atom. The lowest BCUT2D eigenvalue weighted by molar-refractivity contribution is 0.0489. The molecule has 130 valence electrons. The van der Waals surface area contributed by atoms with Gasteiger partial charge in [-0.1, -0.05) is 11.6 Å². The number of benzene rings is 1. The van der Waals surface area contributed by atoms with E-state index in [-0.39, 0.29) is 5.41 Å². The fourth-order valence-corrected chi connectivity index (χ4v) is 3.56. The Balaban J connectivity index is 1.82. The molecule has 0 unspecified atom stereocenters. The third-order valence-electron chi connectivity index (χ3n) is 4.90. The Morgan fingerprint density at radius 1 is 1.38 bits per heavy atom. The maximum Gasteiger partial charge on any atom is 0.122 e. The summed E-state index contributed by atoms with van der Waals surface area (Å²) in [5, 5.41) is 11.4. The largest absolute Gasteiger partial charge is 0.496 e. The fourth-order valence-electron chi connectivity index (χ4n) is 3.39. The second kappa shape index (κ2) is 7.55. The monoisotopic (exact) mass is 349 g/mol. The molecule has 2 heterocycles. The van der Waals surface area contributed by atoms with Gasteiger partial charge in [0.1, 0.15) is 5.75 Å². The Morgan fingerprint density at radius 2 is 2.17 bits per heavy atom. The van der Waals surface area contributed by atoms with Gasteiger partial charge in [-0.25, -0.2) is 0 Å². The number of ether oxygens (including phenoxy) is 2. The first-order valence-corrected chi connectivity index (χ1v) is 8.64. The van der Waals surface area contributed by atoms with Crippen LogP contribution in [0.1, 0.15) is 29.7 Å². The van der Waals surface area contributed by atoms with Crippen LogP contribution >= 0.6 is 11.6 Å². The number of hydrogen-bond donors (Lipinski definition) is 2. The van der Waals surface area contributed by atoms with Gasteiger partial charge >= 0.3 is 0 Å². The lowest BCUT2D eigenvalue weighted by Crippen LogP contribution is -2.43. The summed E-state index contributed by atoms with van der Waals surface area (Å²) in [4.78, 5) is 0. The third kappa shape index (κ3) is 3.58. The van der Waals surface area contributed by atoms with E-state index in [0.717, 1.165) is 61.2 Å². The maximum atomic E-state index is 6.27. The number of halogens is 1. The number of methoxy groups -OCH3 is 1. The predicted octanol–water partition coefficient (Wildman–Crippen LogP) is 3.22. The average molecular weight is 350 g/mol. The van der Waals surface area contributed by atoms with Crippen molar-refractivity contribution >= 4 is 11.6 Å². The van der Waals surface area contributed by atoms with Crippen LogP contribution in [0.3, 0.4) is 0 Å². The summed E-state index contributed by atoms with van der Waals surface area (Å²) in [6.07, 6.45) is 3.76. The minimum absolute atomic E-state index is 0.0356. The van der Waals surface area contributed by atoms with Gasteiger partial charge in [0, 0.05) is 53.6 Å². The van der Waals surface area contributed by atoms with Crippen molar-refractivity contribution in [3.8, 4) is 5.75 Å². The molecule has 0 atom stereocenters. The summed E-state index contributed by atoms with van der Waals surface area (Å²) in [5.74, 6) is 0.891. The zero-order valence-electron chi connectivity index (χ0n) is 14.2. The number of aromatic nitrogens is 2. The van der Waals surface area contributed by atoms with Gasteiger partial charge in [0.25, 0.3) is 0 Å². The van der Waals surface area contributed by atoms with Gasteiger partial charge in [-0.3, -0.25) is 5.10 Å². The zero-order chi connectivity index (χ0) is 17.0. The van der Waals surface area contributed by atoms with Gasteiger partial charge in [-0.15, -0.1) is 0 Å². The molecular formula is C18H24ClN3O2. The Kier molecular flexibility index (Phi) is 5.43. The predicted molar refractivity (Wildman–Crippen MR) is 94.8 cm³/mol. The van der Waals surface area contributed by atoms with E-state index in [1.165, 1.54) is 5.56 Å². The maximum absolute atomic E-state index is 6.27. The summed E-state index contributed by atoms with van der Waals surface area (Å²) in [5.41, 5.74) is 3.42. The Hall–Kier alpha value is -1.56. The first-order chi connectivity index (χ1) is 11.6. The van der Waals surface area contributed by atoms with Crippen LogP contribution < -0.4 is 10.1 Å². The average Bonchev–Trinajstić information content (AvgIpc) is 3.01. The van der Waals surface area contributed by atoms with Gasteiger partial charge in [-0.05, 0) is 38.0 Å². The molecule has 3 rings (SSSR count). The number of nitrogens with one attached hydrogen (secondary N) is 2. The molecule has 2 aromatic rings. The molecule has 0 aliphatic carbocycles. The molecule has 1 saturated heterocycles. The molecule has 2 N–H and O–H groups in total. The van der Waals surface area contributed by atoms with Gasteiger partial charge in [0.2, 0.25) is 0 Å². The second-order valence-corrected chi connectivity index (χ2v) is 6.80. The van der Waals surface area contributed by atoms with Crippen molar-refractivity contribution in [2.45, 2.75) is 31.7 Å². The molecule has 1 aromatic carbocycles. The van der Waals surface area contributed by atoms with Crippen molar-refractivity contribution in [3.63, 3.8) is 0 Å². The molecule has 1 aliphatic heterocycles.